The van der Waals surface area contributed by atoms with Gasteiger partial charge < -0.3 is 19.9 Å². The molecule has 5 rings (SSSR count). The van der Waals surface area contributed by atoms with Gasteiger partial charge in [-0.15, -0.1) is 0 Å². The minimum atomic E-state index is -0.235. The lowest BCUT2D eigenvalue weighted by Gasteiger charge is -2.37. The van der Waals surface area contributed by atoms with E-state index < -0.39 is 0 Å². The van der Waals surface area contributed by atoms with Crippen molar-refractivity contribution in [2.45, 2.75) is 0 Å². The quantitative estimate of drug-likeness (QED) is 0.381. The molecule has 0 aromatic heterocycles. The molecule has 0 unspecified atom stereocenters. The van der Waals surface area contributed by atoms with Gasteiger partial charge in [0.2, 0.25) is 0 Å². The Morgan fingerprint density at radius 3 is 2.17 bits per heavy atom. The van der Waals surface area contributed by atoms with E-state index in [0.717, 1.165) is 22.1 Å². The van der Waals surface area contributed by atoms with Crippen LogP contribution in [0.25, 0.3) is 10.8 Å². The SMILES string of the molecule is COc1cc2ccccc2cc1C(=O)Nc1ccccc1N1CCN(C(=O)c2ccc(Cl)cc2)CC1. The molecule has 7 heteroatoms. The predicted molar refractivity (Wildman–Crippen MR) is 144 cm³/mol. The normalized spacial score (nSPS) is 13.5. The number of hydrogen-bond donors (Lipinski definition) is 1. The van der Waals surface area contributed by atoms with Gasteiger partial charge in [-0.2, -0.15) is 0 Å². The van der Waals surface area contributed by atoms with Gasteiger partial charge in [-0.3, -0.25) is 9.59 Å². The highest BCUT2D eigenvalue weighted by atomic mass is 35.5. The van der Waals surface area contributed by atoms with Gasteiger partial charge in [-0.05, 0) is 59.3 Å². The number of piperazine rings is 1. The van der Waals surface area contributed by atoms with E-state index in [4.69, 9.17) is 16.3 Å². The second-order valence-electron chi connectivity index (χ2n) is 8.66. The number of amides is 2. The molecule has 1 aliphatic heterocycles. The van der Waals surface area contributed by atoms with Crippen molar-refractivity contribution in [1.29, 1.82) is 0 Å². The predicted octanol–water partition coefficient (Wildman–Crippen LogP) is 5.72. The number of nitrogens with one attached hydrogen (secondary N) is 1. The van der Waals surface area contributed by atoms with Crippen LogP contribution in [0.2, 0.25) is 5.02 Å². The lowest BCUT2D eigenvalue weighted by atomic mass is 10.0. The van der Waals surface area contributed by atoms with Crippen LogP contribution < -0.4 is 15.0 Å². The summed E-state index contributed by atoms with van der Waals surface area (Å²) in [6, 6.07) is 26.3. The molecule has 1 saturated heterocycles. The molecule has 0 bridgehead atoms. The van der Waals surface area contributed by atoms with E-state index in [1.807, 2.05) is 65.6 Å². The first-order valence-electron chi connectivity index (χ1n) is 11.8. The third-order valence-corrected chi connectivity index (χ3v) is 6.72. The second kappa shape index (κ2) is 10.3. The van der Waals surface area contributed by atoms with Gasteiger partial charge in [-0.1, -0.05) is 48.0 Å². The van der Waals surface area contributed by atoms with E-state index >= 15 is 0 Å². The summed E-state index contributed by atoms with van der Waals surface area (Å²) in [5, 5.41) is 5.66. The Labute approximate surface area is 215 Å². The monoisotopic (exact) mass is 499 g/mol. The molecule has 4 aromatic carbocycles. The van der Waals surface area contributed by atoms with Gasteiger partial charge in [0.1, 0.15) is 5.75 Å². The first kappa shape index (κ1) is 23.7. The average molecular weight is 500 g/mol. The summed E-state index contributed by atoms with van der Waals surface area (Å²) >= 11 is 5.95. The summed E-state index contributed by atoms with van der Waals surface area (Å²) < 4.78 is 5.52. The Balaban J connectivity index is 1.32. The van der Waals surface area contributed by atoms with Crippen LogP contribution in [-0.4, -0.2) is 50.0 Å². The summed E-state index contributed by atoms with van der Waals surface area (Å²) in [6.07, 6.45) is 0. The number of fused-ring (bicyclic) bond motifs is 1. The summed E-state index contributed by atoms with van der Waals surface area (Å²) in [4.78, 5) is 30.2. The van der Waals surface area contributed by atoms with Crippen LogP contribution in [0.4, 0.5) is 11.4 Å². The molecule has 1 fully saturated rings. The van der Waals surface area contributed by atoms with Crippen LogP contribution in [0.15, 0.2) is 84.9 Å². The lowest BCUT2D eigenvalue weighted by molar-refractivity contribution is 0.0746. The maximum Gasteiger partial charge on any atom is 0.259 e. The summed E-state index contributed by atoms with van der Waals surface area (Å²) in [5.74, 6) is 0.288. The summed E-state index contributed by atoms with van der Waals surface area (Å²) in [5.41, 5.74) is 2.74. The van der Waals surface area contributed by atoms with Crippen molar-refractivity contribution in [1.82, 2.24) is 4.90 Å². The molecule has 0 saturated carbocycles. The maximum absolute atomic E-state index is 13.3. The Bertz CT molecular complexity index is 1410. The molecule has 182 valence electrons. The van der Waals surface area contributed by atoms with E-state index in [-0.39, 0.29) is 11.8 Å². The van der Waals surface area contributed by atoms with Gasteiger partial charge in [0, 0.05) is 36.8 Å². The van der Waals surface area contributed by atoms with E-state index in [0.29, 0.717) is 48.1 Å². The second-order valence-corrected chi connectivity index (χ2v) is 9.09. The Kier molecular flexibility index (Phi) is 6.78. The molecule has 1 N–H and O–H groups in total. The summed E-state index contributed by atoms with van der Waals surface area (Å²) in [7, 11) is 1.57. The maximum atomic E-state index is 13.3. The van der Waals surface area contributed by atoms with Crippen LogP contribution in [0.3, 0.4) is 0 Å². The highest BCUT2D eigenvalue weighted by molar-refractivity contribution is 6.30. The van der Waals surface area contributed by atoms with Crippen LogP contribution >= 0.6 is 11.6 Å². The number of nitrogens with zero attached hydrogens (tertiary/aromatic N) is 2. The molecule has 0 atom stereocenters. The van der Waals surface area contributed by atoms with Gasteiger partial charge >= 0.3 is 0 Å². The number of ether oxygens (including phenoxy) is 1. The minimum absolute atomic E-state index is 0.00342. The highest BCUT2D eigenvalue weighted by Gasteiger charge is 2.24. The Morgan fingerprint density at radius 2 is 1.47 bits per heavy atom. The first-order valence-corrected chi connectivity index (χ1v) is 12.2. The molecule has 1 heterocycles. The van der Waals surface area contributed by atoms with E-state index in [9.17, 15) is 9.59 Å². The van der Waals surface area contributed by atoms with Crippen LogP contribution in [0, 0.1) is 0 Å². The smallest absolute Gasteiger partial charge is 0.259 e. The van der Waals surface area contributed by atoms with Crippen molar-refractivity contribution < 1.29 is 14.3 Å². The van der Waals surface area contributed by atoms with E-state index in [2.05, 4.69) is 10.2 Å². The molecule has 0 radical (unpaired) electrons. The fourth-order valence-electron chi connectivity index (χ4n) is 4.54. The molecule has 0 spiro atoms. The van der Waals surface area contributed by atoms with E-state index in [1.54, 1.807) is 31.4 Å². The fraction of sp³-hybridized carbons (Fsp3) is 0.172. The van der Waals surface area contributed by atoms with E-state index in [1.165, 1.54) is 0 Å². The number of hydrogen-bond acceptors (Lipinski definition) is 4. The van der Waals surface area contributed by atoms with Crippen LogP contribution in [0.5, 0.6) is 5.75 Å². The number of halogens is 1. The molecular weight excluding hydrogens is 474 g/mol. The minimum Gasteiger partial charge on any atom is -0.496 e. The Hall–Kier alpha value is -4.03. The first-order chi connectivity index (χ1) is 17.5. The largest absolute Gasteiger partial charge is 0.496 e. The molecule has 1 aliphatic rings. The Morgan fingerprint density at radius 1 is 0.833 bits per heavy atom. The van der Waals surface area contributed by atoms with Crippen molar-refractivity contribution in [2.24, 2.45) is 0 Å². The van der Waals surface area contributed by atoms with Gasteiger partial charge in [0.15, 0.2) is 0 Å². The van der Waals surface area contributed by atoms with Crippen molar-refractivity contribution >= 4 is 45.6 Å². The van der Waals surface area contributed by atoms with Crippen molar-refractivity contribution in [3.8, 4) is 5.75 Å². The number of para-hydroxylation sites is 2. The number of anilines is 2. The zero-order valence-electron chi connectivity index (χ0n) is 19.9. The molecule has 4 aromatic rings. The third-order valence-electron chi connectivity index (χ3n) is 6.46. The van der Waals surface area contributed by atoms with Gasteiger partial charge in [0.25, 0.3) is 11.8 Å². The van der Waals surface area contributed by atoms with Crippen molar-refractivity contribution in [3.63, 3.8) is 0 Å². The number of benzene rings is 4. The molecular formula is C29H26ClN3O3. The average Bonchev–Trinajstić information content (AvgIpc) is 2.92. The number of rotatable bonds is 5. The fourth-order valence-corrected chi connectivity index (χ4v) is 4.66. The van der Waals surface area contributed by atoms with Gasteiger partial charge in [0.05, 0.1) is 24.0 Å². The molecule has 36 heavy (non-hydrogen) atoms. The standard InChI is InChI=1S/C29H26ClN3O3/c1-36-27-19-22-7-3-2-6-21(22)18-24(27)28(34)31-25-8-4-5-9-26(25)32-14-16-33(17-15-32)29(35)20-10-12-23(30)13-11-20/h2-13,18-19H,14-17H2,1H3,(H,31,34). The number of carbonyl (C=O) groups excluding carboxylic acids is 2. The van der Waals surface area contributed by atoms with Crippen molar-refractivity contribution in [2.75, 3.05) is 43.5 Å². The third kappa shape index (κ3) is 4.86. The molecule has 2 amide bonds. The van der Waals surface area contributed by atoms with Crippen LogP contribution in [-0.2, 0) is 0 Å². The lowest BCUT2D eigenvalue weighted by Crippen LogP contribution is -2.49. The zero-order valence-corrected chi connectivity index (χ0v) is 20.7. The topological polar surface area (TPSA) is 61.9 Å². The highest BCUT2D eigenvalue weighted by Crippen LogP contribution is 2.30. The van der Waals surface area contributed by atoms with Crippen LogP contribution in [0.1, 0.15) is 20.7 Å². The summed E-state index contributed by atoms with van der Waals surface area (Å²) in [6.45, 7) is 2.49. The zero-order chi connectivity index (χ0) is 25.1. The molecule has 0 aliphatic carbocycles. The van der Waals surface area contributed by atoms with Gasteiger partial charge in [-0.25, -0.2) is 0 Å². The van der Waals surface area contributed by atoms with Crippen molar-refractivity contribution in [3.05, 3.63) is 101 Å². The molecule has 6 nitrogen and oxygen atoms in total. The number of carbonyl (C=O) groups is 2. The number of methoxy groups -OCH3 is 1.